The fourth-order valence-electron chi connectivity index (χ4n) is 5.26. The van der Waals surface area contributed by atoms with Crippen molar-refractivity contribution in [1.82, 2.24) is 0 Å². The summed E-state index contributed by atoms with van der Waals surface area (Å²) in [6, 6.07) is 5.90. The highest BCUT2D eigenvalue weighted by atomic mass is 16.3. The van der Waals surface area contributed by atoms with E-state index in [9.17, 15) is 10.2 Å². The molecule has 0 aromatic heterocycles. The molecule has 1 aromatic rings. The maximum Gasteiger partial charge on any atom is 0.115 e. The van der Waals surface area contributed by atoms with Crippen LogP contribution in [0.2, 0.25) is 0 Å². The first kappa shape index (κ1) is 13.4. The largest absolute Gasteiger partial charge is 0.508 e. The lowest BCUT2D eigenvalue weighted by molar-refractivity contribution is 0.157. The Hall–Kier alpha value is -1.28. The number of benzene rings is 1. The second-order valence-electron chi connectivity index (χ2n) is 7.75. The average molecular weight is 284 g/mol. The normalized spacial score (nSPS) is 38.0. The van der Waals surface area contributed by atoms with Crippen LogP contribution in [0.1, 0.15) is 57.1 Å². The van der Waals surface area contributed by atoms with E-state index >= 15 is 0 Å². The van der Waals surface area contributed by atoms with Crippen LogP contribution in [-0.4, -0.2) is 16.3 Å². The number of fused-ring (bicyclic) bond motifs is 4. The lowest BCUT2D eigenvalue weighted by Gasteiger charge is -2.48. The summed E-state index contributed by atoms with van der Waals surface area (Å²) in [5, 5.41) is 19.9. The zero-order valence-electron chi connectivity index (χ0n) is 12.9. The molecule has 2 nitrogen and oxygen atoms in total. The second-order valence-corrected chi connectivity index (χ2v) is 7.75. The Morgan fingerprint density at radius 2 is 1.90 bits per heavy atom. The van der Waals surface area contributed by atoms with Crippen molar-refractivity contribution in [3.63, 3.8) is 0 Å². The van der Waals surface area contributed by atoms with Crippen molar-refractivity contribution in [3.05, 3.63) is 40.5 Å². The van der Waals surface area contributed by atoms with Gasteiger partial charge >= 0.3 is 0 Å². The Morgan fingerprint density at radius 1 is 1.10 bits per heavy atom. The number of aromatic hydroxyl groups is 1. The van der Waals surface area contributed by atoms with Crippen molar-refractivity contribution in [1.29, 1.82) is 0 Å². The van der Waals surface area contributed by atoms with Gasteiger partial charge < -0.3 is 10.2 Å². The predicted molar refractivity (Wildman–Crippen MR) is 83.4 cm³/mol. The van der Waals surface area contributed by atoms with Crippen molar-refractivity contribution >= 4 is 0 Å². The molecule has 0 saturated heterocycles. The van der Waals surface area contributed by atoms with Gasteiger partial charge in [-0.25, -0.2) is 0 Å². The Bertz CT molecular complexity index is 645. The predicted octanol–water partition coefficient (Wildman–Crippen LogP) is 3.85. The summed E-state index contributed by atoms with van der Waals surface area (Å²) in [5.74, 6) is 0.380. The number of aryl methyl sites for hydroxylation is 1. The van der Waals surface area contributed by atoms with Gasteiger partial charge in [0.05, 0.1) is 6.10 Å². The smallest absolute Gasteiger partial charge is 0.115 e. The number of phenols is 1. The third-order valence-electron chi connectivity index (χ3n) is 6.39. The van der Waals surface area contributed by atoms with Crippen LogP contribution in [0.4, 0.5) is 0 Å². The summed E-state index contributed by atoms with van der Waals surface area (Å²) in [5.41, 5.74) is 6.18. The first-order valence-corrected chi connectivity index (χ1v) is 8.16. The van der Waals surface area contributed by atoms with Crippen molar-refractivity contribution in [2.24, 2.45) is 5.41 Å². The molecule has 4 rings (SSSR count). The molecule has 0 spiro atoms. The number of rotatable bonds is 0. The van der Waals surface area contributed by atoms with Crippen LogP contribution in [0, 0.1) is 5.41 Å². The summed E-state index contributed by atoms with van der Waals surface area (Å²) in [6.45, 7) is 4.71. The van der Waals surface area contributed by atoms with Crippen LogP contribution in [-0.2, 0) is 11.8 Å². The number of aliphatic hydroxyl groups excluding tert-OH is 1. The molecule has 1 saturated carbocycles. The molecule has 0 unspecified atom stereocenters. The third kappa shape index (κ3) is 1.75. The minimum atomic E-state index is -0.152. The van der Waals surface area contributed by atoms with Crippen molar-refractivity contribution in [2.75, 3.05) is 0 Å². The first-order chi connectivity index (χ1) is 9.92. The highest BCUT2D eigenvalue weighted by Gasteiger charge is 2.50. The number of hydrogen-bond donors (Lipinski definition) is 2. The number of aliphatic hydroxyl groups is 1. The number of allylic oxidation sites excluding steroid dienone is 1. The fraction of sp³-hybridized carbons (Fsp3) is 0.579. The first-order valence-electron chi connectivity index (χ1n) is 8.16. The van der Waals surface area contributed by atoms with E-state index in [0.29, 0.717) is 5.75 Å². The van der Waals surface area contributed by atoms with Gasteiger partial charge in [0.15, 0.2) is 0 Å². The Labute approximate surface area is 126 Å². The molecule has 3 atom stereocenters. The zero-order chi connectivity index (χ0) is 14.8. The molecule has 0 heterocycles. The minimum Gasteiger partial charge on any atom is -0.508 e. The fourth-order valence-corrected chi connectivity index (χ4v) is 5.26. The van der Waals surface area contributed by atoms with Gasteiger partial charge in [-0.05, 0) is 67.2 Å². The van der Waals surface area contributed by atoms with Crippen LogP contribution >= 0.6 is 0 Å². The van der Waals surface area contributed by atoms with E-state index in [1.54, 1.807) is 11.1 Å². The Morgan fingerprint density at radius 3 is 2.71 bits per heavy atom. The van der Waals surface area contributed by atoms with E-state index in [1.807, 2.05) is 12.1 Å². The average Bonchev–Trinajstić information content (AvgIpc) is 2.73. The van der Waals surface area contributed by atoms with Gasteiger partial charge in [-0.1, -0.05) is 31.1 Å². The molecule has 2 N–H and O–H groups in total. The number of phenolic OH excluding ortho intramolecular Hbond substituents is 1. The summed E-state index contributed by atoms with van der Waals surface area (Å²) in [7, 11) is 0. The van der Waals surface area contributed by atoms with E-state index in [-0.39, 0.29) is 16.9 Å². The summed E-state index contributed by atoms with van der Waals surface area (Å²) in [6.07, 6.45) is 6.08. The molecule has 21 heavy (non-hydrogen) atoms. The van der Waals surface area contributed by atoms with Crippen molar-refractivity contribution in [2.45, 2.75) is 63.9 Å². The molecule has 0 radical (unpaired) electrons. The molecular formula is C19H24O2. The topological polar surface area (TPSA) is 40.5 Å². The number of hydrogen-bond acceptors (Lipinski definition) is 2. The summed E-state index contributed by atoms with van der Waals surface area (Å²) in [4.78, 5) is 0. The standard InChI is InChI=1S/C19H24O2/c1-18-7-8-19(2)15-6-4-13(20)9-12(15)3-5-16(19)17(18)10-14(21)11-18/h4,6,9,14,20-21H,3,5,7-8,10-11H2,1-2H3/t14-,18-,19-/m1/s1. The monoisotopic (exact) mass is 284 g/mol. The van der Waals surface area contributed by atoms with Crippen LogP contribution < -0.4 is 0 Å². The molecule has 1 aromatic carbocycles. The molecule has 0 amide bonds. The van der Waals surface area contributed by atoms with Gasteiger partial charge in [0.1, 0.15) is 5.75 Å². The Balaban J connectivity index is 1.90. The highest BCUT2D eigenvalue weighted by molar-refractivity contribution is 5.52. The van der Waals surface area contributed by atoms with E-state index in [0.717, 1.165) is 32.1 Å². The van der Waals surface area contributed by atoms with Crippen molar-refractivity contribution in [3.8, 4) is 5.75 Å². The van der Waals surface area contributed by atoms with Crippen LogP contribution in [0.3, 0.4) is 0 Å². The van der Waals surface area contributed by atoms with Gasteiger partial charge in [0.25, 0.3) is 0 Å². The van der Waals surface area contributed by atoms with Crippen molar-refractivity contribution < 1.29 is 10.2 Å². The van der Waals surface area contributed by atoms with Gasteiger partial charge in [-0.2, -0.15) is 0 Å². The molecule has 1 fully saturated rings. The third-order valence-corrected chi connectivity index (χ3v) is 6.39. The minimum absolute atomic E-state index is 0.111. The molecule has 2 heteroatoms. The summed E-state index contributed by atoms with van der Waals surface area (Å²) < 4.78 is 0. The van der Waals surface area contributed by atoms with Crippen LogP contribution in [0.5, 0.6) is 5.75 Å². The zero-order valence-corrected chi connectivity index (χ0v) is 12.9. The maximum absolute atomic E-state index is 10.2. The van der Waals surface area contributed by atoms with Crippen LogP contribution in [0.15, 0.2) is 29.3 Å². The molecule has 0 aliphatic heterocycles. The van der Waals surface area contributed by atoms with Gasteiger partial charge in [-0.15, -0.1) is 0 Å². The molecule has 3 aliphatic rings. The lowest BCUT2D eigenvalue weighted by Crippen LogP contribution is -2.38. The second kappa shape index (κ2) is 4.13. The maximum atomic E-state index is 10.2. The van der Waals surface area contributed by atoms with Gasteiger partial charge in [-0.3, -0.25) is 0 Å². The lowest BCUT2D eigenvalue weighted by atomic mass is 9.56. The van der Waals surface area contributed by atoms with E-state index < -0.39 is 0 Å². The van der Waals surface area contributed by atoms with E-state index in [1.165, 1.54) is 17.5 Å². The highest BCUT2D eigenvalue weighted by Crippen LogP contribution is 2.59. The molecule has 0 bridgehead atoms. The summed E-state index contributed by atoms with van der Waals surface area (Å²) >= 11 is 0. The SMILES string of the molecule is C[C@]12CC[C@@]3(C)C(=C1C[C@@H](O)C2)CCc1cc(O)ccc13. The molecule has 112 valence electrons. The van der Waals surface area contributed by atoms with Gasteiger partial charge in [0.2, 0.25) is 0 Å². The van der Waals surface area contributed by atoms with E-state index in [2.05, 4.69) is 19.9 Å². The quantitative estimate of drug-likeness (QED) is 0.710. The molecular weight excluding hydrogens is 260 g/mol. The van der Waals surface area contributed by atoms with E-state index in [4.69, 9.17) is 0 Å². The Kier molecular flexibility index (Phi) is 2.63. The van der Waals surface area contributed by atoms with Crippen LogP contribution in [0.25, 0.3) is 0 Å². The van der Waals surface area contributed by atoms with Gasteiger partial charge in [0, 0.05) is 5.41 Å². The molecule has 3 aliphatic carbocycles.